The number of benzene rings is 1. The molecule has 2 N–H and O–H groups in total. The first-order chi connectivity index (χ1) is 14.5. The van der Waals surface area contributed by atoms with Crippen molar-refractivity contribution in [2.75, 3.05) is 30.4 Å². The molecule has 1 aromatic carbocycles. The van der Waals surface area contributed by atoms with Crippen LogP contribution in [0.15, 0.2) is 12.1 Å². The van der Waals surface area contributed by atoms with Crippen LogP contribution in [0.25, 0.3) is 0 Å². The lowest BCUT2D eigenvalue weighted by Crippen LogP contribution is -2.49. The van der Waals surface area contributed by atoms with E-state index in [0.29, 0.717) is 18.5 Å². The molecular weight excluding hydrogens is 420 g/mol. The van der Waals surface area contributed by atoms with E-state index in [2.05, 4.69) is 10.6 Å². The van der Waals surface area contributed by atoms with Gasteiger partial charge in [-0.2, -0.15) is 13.2 Å². The molecule has 0 radical (unpaired) electrons. The average molecular weight is 446 g/mol. The Morgan fingerprint density at radius 3 is 2.32 bits per heavy atom. The monoisotopic (exact) mass is 446 g/mol. The van der Waals surface area contributed by atoms with Gasteiger partial charge in [-0.3, -0.25) is 14.9 Å². The molecule has 1 aliphatic carbocycles. The van der Waals surface area contributed by atoms with Crippen LogP contribution in [0.5, 0.6) is 0 Å². The Labute approximate surface area is 177 Å². The number of hydrogen-bond donors (Lipinski definition) is 2. The van der Waals surface area contributed by atoms with E-state index in [4.69, 9.17) is 0 Å². The molecule has 3 rings (SSSR count). The fourth-order valence-corrected chi connectivity index (χ4v) is 4.34. The summed E-state index contributed by atoms with van der Waals surface area (Å²) >= 11 is 0. The van der Waals surface area contributed by atoms with Gasteiger partial charge in [0.2, 0.25) is 0 Å². The van der Waals surface area contributed by atoms with E-state index in [-0.39, 0.29) is 48.8 Å². The van der Waals surface area contributed by atoms with Gasteiger partial charge in [0.05, 0.1) is 35.2 Å². The summed E-state index contributed by atoms with van der Waals surface area (Å²) in [5.74, 6) is -1.99. The fourth-order valence-electron chi connectivity index (χ4n) is 4.34. The number of anilines is 2. The molecule has 31 heavy (non-hydrogen) atoms. The van der Waals surface area contributed by atoms with E-state index in [1.807, 2.05) is 0 Å². The predicted octanol–water partition coefficient (Wildman–Crippen LogP) is 4.28. The van der Waals surface area contributed by atoms with Crippen molar-refractivity contribution in [2.24, 2.45) is 11.8 Å². The zero-order valence-electron chi connectivity index (χ0n) is 17.3. The summed E-state index contributed by atoms with van der Waals surface area (Å²) in [5.41, 5.74) is 0.354. The van der Waals surface area contributed by atoms with Gasteiger partial charge in [-0.25, -0.2) is 4.39 Å². The highest BCUT2D eigenvalue weighted by atomic mass is 19.4. The van der Waals surface area contributed by atoms with Crippen molar-refractivity contribution >= 4 is 23.0 Å². The highest BCUT2D eigenvalue weighted by molar-refractivity contribution is 6.02. The van der Waals surface area contributed by atoms with Crippen LogP contribution < -0.4 is 15.5 Å². The Bertz CT molecular complexity index is 834. The van der Waals surface area contributed by atoms with Gasteiger partial charge < -0.3 is 15.5 Å². The molecule has 11 heteroatoms. The van der Waals surface area contributed by atoms with Gasteiger partial charge in [-0.15, -0.1) is 0 Å². The number of nitro groups is 1. The van der Waals surface area contributed by atoms with Crippen molar-refractivity contribution in [3.63, 3.8) is 0 Å². The number of amides is 1. The van der Waals surface area contributed by atoms with Crippen LogP contribution in [-0.2, 0) is 0 Å². The zero-order valence-corrected chi connectivity index (χ0v) is 17.3. The van der Waals surface area contributed by atoms with Crippen molar-refractivity contribution in [3.8, 4) is 0 Å². The first-order valence-electron chi connectivity index (χ1n) is 10.3. The third-order valence-electron chi connectivity index (χ3n) is 6.30. The minimum absolute atomic E-state index is 0.0215. The topological polar surface area (TPSA) is 87.5 Å². The van der Waals surface area contributed by atoms with Crippen molar-refractivity contribution in [3.05, 3.63) is 27.8 Å². The number of halogens is 4. The average Bonchev–Trinajstić information content (AvgIpc) is 2.69. The Kier molecular flexibility index (Phi) is 6.61. The summed E-state index contributed by atoms with van der Waals surface area (Å²) in [6.07, 6.45) is -4.51. The second-order valence-electron chi connectivity index (χ2n) is 8.31. The normalized spacial score (nSPS) is 23.1. The summed E-state index contributed by atoms with van der Waals surface area (Å²) in [5, 5.41) is 16.9. The standard InChI is InChI=1S/C20H26F4N4O3/c1-11(12-3-5-13(6-4-12)20(22,23)24)26-19(29)15-7-18(28(30)31)16(25-2)8-17(15)27-9-14(21)10-27/h7-8,11-14,25H,3-6,9-10H2,1-2H3,(H,26,29)/t11-,12?,13?/m1/s1. The Morgan fingerprint density at radius 2 is 1.84 bits per heavy atom. The van der Waals surface area contributed by atoms with Crippen LogP contribution in [0.4, 0.5) is 34.6 Å². The number of carbonyl (C=O) groups excluding carboxylic acids is 1. The lowest BCUT2D eigenvalue weighted by molar-refractivity contribution is -0.384. The van der Waals surface area contributed by atoms with Gasteiger partial charge in [0.15, 0.2) is 0 Å². The van der Waals surface area contributed by atoms with E-state index >= 15 is 0 Å². The van der Waals surface area contributed by atoms with Crippen LogP contribution in [0, 0.1) is 22.0 Å². The summed E-state index contributed by atoms with van der Waals surface area (Å²) < 4.78 is 52.1. The van der Waals surface area contributed by atoms with E-state index in [0.717, 1.165) is 6.07 Å². The second kappa shape index (κ2) is 8.88. The molecule has 1 saturated carbocycles. The van der Waals surface area contributed by atoms with E-state index in [1.54, 1.807) is 11.8 Å². The van der Waals surface area contributed by atoms with Crippen LogP contribution in [0.2, 0.25) is 0 Å². The van der Waals surface area contributed by atoms with Crippen LogP contribution in [-0.4, -0.2) is 49.4 Å². The molecular formula is C20H26F4N4O3. The molecule has 2 aliphatic rings. The van der Waals surface area contributed by atoms with Crippen molar-refractivity contribution in [1.29, 1.82) is 0 Å². The lowest BCUT2D eigenvalue weighted by Gasteiger charge is -2.38. The summed E-state index contributed by atoms with van der Waals surface area (Å²) in [6, 6.07) is 2.22. The van der Waals surface area contributed by atoms with Gasteiger partial charge >= 0.3 is 6.18 Å². The molecule has 1 atom stereocenters. The summed E-state index contributed by atoms with van der Waals surface area (Å²) in [7, 11) is 1.51. The molecule has 172 valence electrons. The van der Waals surface area contributed by atoms with Crippen LogP contribution >= 0.6 is 0 Å². The van der Waals surface area contributed by atoms with Gasteiger partial charge in [0.1, 0.15) is 11.9 Å². The molecule has 0 spiro atoms. The quantitative estimate of drug-likeness (QED) is 0.387. The zero-order chi connectivity index (χ0) is 22.9. The second-order valence-corrected chi connectivity index (χ2v) is 8.31. The van der Waals surface area contributed by atoms with Crippen LogP contribution in [0.3, 0.4) is 0 Å². The number of nitrogens with zero attached hydrogens (tertiary/aromatic N) is 2. The number of carbonyl (C=O) groups is 1. The van der Waals surface area contributed by atoms with Gasteiger partial charge in [-0.05, 0) is 44.6 Å². The first-order valence-corrected chi connectivity index (χ1v) is 10.3. The van der Waals surface area contributed by atoms with Crippen molar-refractivity contribution < 1.29 is 27.3 Å². The molecule has 0 bridgehead atoms. The fraction of sp³-hybridized carbons (Fsp3) is 0.650. The molecule has 1 aliphatic heterocycles. The summed E-state index contributed by atoms with van der Waals surface area (Å²) in [4.78, 5) is 25.4. The third kappa shape index (κ3) is 5.01. The molecule has 1 amide bonds. The number of rotatable bonds is 6. The lowest BCUT2D eigenvalue weighted by atomic mass is 9.78. The van der Waals surface area contributed by atoms with Gasteiger partial charge in [-0.1, -0.05) is 0 Å². The Morgan fingerprint density at radius 1 is 1.23 bits per heavy atom. The predicted molar refractivity (Wildman–Crippen MR) is 108 cm³/mol. The third-order valence-corrected chi connectivity index (χ3v) is 6.30. The molecule has 0 unspecified atom stereocenters. The molecule has 1 heterocycles. The molecule has 1 saturated heterocycles. The molecule has 2 fully saturated rings. The largest absolute Gasteiger partial charge is 0.391 e. The molecule has 7 nitrogen and oxygen atoms in total. The summed E-state index contributed by atoms with van der Waals surface area (Å²) in [6.45, 7) is 1.89. The Hall–Kier alpha value is -2.59. The first kappa shape index (κ1) is 23.1. The Balaban J connectivity index is 1.77. The van der Waals surface area contributed by atoms with Crippen molar-refractivity contribution in [2.45, 2.75) is 51.0 Å². The number of nitro benzene ring substituents is 1. The highest BCUT2D eigenvalue weighted by Crippen LogP contribution is 2.41. The highest BCUT2D eigenvalue weighted by Gasteiger charge is 2.42. The number of nitrogens with one attached hydrogen (secondary N) is 2. The van der Waals surface area contributed by atoms with E-state index < -0.39 is 35.1 Å². The van der Waals surface area contributed by atoms with Gasteiger partial charge in [0.25, 0.3) is 11.6 Å². The van der Waals surface area contributed by atoms with E-state index in [9.17, 15) is 32.5 Å². The SMILES string of the molecule is CNc1cc(N2CC(F)C2)c(C(=O)N[C@H](C)C2CCC(C(F)(F)F)CC2)cc1[N+](=O)[O-]. The number of hydrogen-bond acceptors (Lipinski definition) is 5. The van der Waals surface area contributed by atoms with E-state index in [1.165, 1.54) is 13.1 Å². The maximum atomic E-state index is 13.4. The smallest absolute Gasteiger partial charge is 0.383 e. The van der Waals surface area contributed by atoms with Crippen molar-refractivity contribution in [1.82, 2.24) is 5.32 Å². The minimum Gasteiger partial charge on any atom is -0.383 e. The van der Waals surface area contributed by atoms with Gasteiger partial charge in [0, 0.05) is 19.2 Å². The maximum absolute atomic E-state index is 13.4. The molecule has 1 aromatic rings. The van der Waals surface area contributed by atoms with Crippen LogP contribution in [0.1, 0.15) is 43.0 Å². The minimum atomic E-state index is -4.20. The number of alkyl halides is 4. The maximum Gasteiger partial charge on any atom is 0.391 e. The molecule has 0 aromatic heterocycles.